The Bertz CT molecular complexity index is 742. The number of carbonyl (C=O) groups excluding carboxylic acids is 1. The normalized spacial score (nSPS) is 19.9. The molecule has 0 aliphatic carbocycles. The van der Waals surface area contributed by atoms with Crippen LogP contribution in [0.2, 0.25) is 0 Å². The molecular formula is C20H25N2O4SY-. The predicted molar refractivity (Wildman–Crippen MR) is 102 cm³/mol. The first-order valence-corrected chi connectivity index (χ1v) is 9.99. The van der Waals surface area contributed by atoms with Crippen LogP contribution in [0.15, 0.2) is 29.6 Å². The molecule has 2 heterocycles. The van der Waals surface area contributed by atoms with Gasteiger partial charge >= 0.3 is 0 Å². The number of hydrogen-bond donors (Lipinski definition) is 2. The van der Waals surface area contributed by atoms with Crippen LogP contribution in [0.3, 0.4) is 0 Å². The van der Waals surface area contributed by atoms with Crippen molar-refractivity contribution in [3.63, 3.8) is 0 Å². The predicted octanol–water partition coefficient (Wildman–Crippen LogP) is 2.59. The van der Waals surface area contributed by atoms with Crippen molar-refractivity contribution in [2.24, 2.45) is 17.8 Å². The summed E-state index contributed by atoms with van der Waals surface area (Å²) in [6.45, 7) is 5.67. The standard InChI is InChI=1S/C20H25N2O4S.Y/c1-13(2)19(23)14-4-3-5-16(8-14)26-10-15-9-22-20(24)17(15)11-25-12-18-21-6-7-27-18;/h3-5,7-8,13,15,17,19,23H,9-12H2,1-2H3,(H,22,24);/q-1;/t15-,17-,19?;/m1./s1. The summed E-state index contributed by atoms with van der Waals surface area (Å²) in [5.74, 6) is 0.633. The SMILES string of the molecule is CC(C)C(O)c1cccc(OC[C@H]2CNC(=O)[C@@H]2COCc2n[c-]cs2)c1.[Y]. The Morgan fingerprint density at radius 2 is 2.21 bits per heavy atom. The fraction of sp³-hybridized carbons (Fsp3) is 0.500. The summed E-state index contributed by atoms with van der Waals surface area (Å²) in [5.41, 5.74) is 0.836. The van der Waals surface area contributed by atoms with Crippen molar-refractivity contribution in [1.29, 1.82) is 0 Å². The molecule has 2 N–H and O–H groups in total. The topological polar surface area (TPSA) is 80.7 Å². The van der Waals surface area contributed by atoms with E-state index in [4.69, 9.17) is 9.47 Å². The number of nitrogens with zero attached hydrogens (tertiary/aromatic N) is 1. The van der Waals surface area contributed by atoms with Gasteiger partial charge in [0.1, 0.15) is 5.75 Å². The minimum absolute atomic E-state index is 0. The summed E-state index contributed by atoms with van der Waals surface area (Å²) >= 11 is 1.48. The number of amides is 1. The molecular weight excluding hydrogens is 453 g/mol. The molecule has 1 aromatic heterocycles. The summed E-state index contributed by atoms with van der Waals surface area (Å²) in [7, 11) is 0. The number of aromatic nitrogens is 1. The number of aliphatic hydroxyl groups is 1. The van der Waals surface area contributed by atoms with E-state index >= 15 is 0 Å². The van der Waals surface area contributed by atoms with E-state index in [1.807, 2.05) is 38.1 Å². The average molecular weight is 478 g/mol. The molecule has 28 heavy (non-hydrogen) atoms. The molecule has 1 amide bonds. The van der Waals surface area contributed by atoms with Crippen LogP contribution in [0.25, 0.3) is 0 Å². The number of nitrogens with one attached hydrogen (secondary N) is 1. The monoisotopic (exact) mass is 478 g/mol. The van der Waals surface area contributed by atoms with E-state index in [-0.39, 0.29) is 56.4 Å². The molecule has 8 heteroatoms. The molecule has 1 unspecified atom stereocenters. The van der Waals surface area contributed by atoms with Gasteiger partial charge in [0.15, 0.2) is 0 Å². The third-order valence-electron chi connectivity index (χ3n) is 4.70. The van der Waals surface area contributed by atoms with Crippen LogP contribution in [0.1, 0.15) is 30.5 Å². The van der Waals surface area contributed by atoms with Gasteiger partial charge in [0.25, 0.3) is 0 Å². The van der Waals surface area contributed by atoms with Crippen LogP contribution in [0, 0.1) is 24.0 Å². The van der Waals surface area contributed by atoms with Gasteiger partial charge in [-0.2, -0.15) is 0 Å². The first-order chi connectivity index (χ1) is 13.0. The summed E-state index contributed by atoms with van der Waals surface area (Å²) in [4.78, 5) is 16.2. The van der Waals surface area contributed by atoms with Gasteiger partial charge in [-0.05, 0) is 28.6 Å². The van der Waals surface area contributed by atoms with Crippen LogP contribution in [-0.4, -0.2) is 35.8 Å². The molecule has 1 fully saturated rings. The zero-order valence-corrected chi connectivity index (χ0v) is 19.8. The van der Waals surface area contributed by atoms with Gasteiger partial charge < -0.3 is 24.9 Å². The van der Waals surface area contributed by atoms with E-state index in [1.54, 1.807) is 5.38 Å². The van der Waals surface area contributed by atoms with Crippen molar-refractivity contribution >= 4 is 17.2 Å². The molecule has 3 rings (SSSR count). The number of ether oxygens (including phenoxy) is 2. The van der Waals surface area contributed by atoms with E-state index in [1.165, 1.54) is 11.3 Å². The number of hydrogen-bond acceptors (Lipinski definition) is 6. The van der Waals surface area contributed by atoms with Gasteiger partial charge in [0.05, 0.1) is 25.2 Å². The zero-order chi connectivity index (χ0) is 19.2. The summed E-state index contributed by atoms with van der Waals surface area (Å²) < 4.78 is 11.6. The second-order valence-corrected chi connectivity index (χ2v) is 8.01. The van der Waals surface area contributed by atoms with E-state index in [0.717, 1.165) is 10.6 Å². The number of aliphatic hydroxyl groups excluding tert-OH is 1. The van der Waals surface area contributed by atoms with Gasteiger partial charge in [-0.15, -0.1) is 6.20 Å². The third-order valence-corrected chi connectivity index (χ3v) is 5.40. The number of thiazole rings is 1. The first-order valence-electron chi connectivity index (χ1n) is 9.11. The van der Waals surface area contributed by atoms with Crippen molar-refractivity contribution in [3.05, 3.63) is 46.4 Å². The molecule has 0 bridgehead atoms. The Hall–Kier alpha value is -0.856. The van der Waals surface area contributed by atoms with Crippen LogP contribution in [0.5, 0.6) is 5.75 Å². The Morgan fingerprint density at radius 3 is 2.93 bits per heavy atom. The van der Waals surface area contributed by atoms with Gasteiger partial charge in [-0.25, -0.2) is 11.3 Å². The van der Waals surface area contributed by atoms with E-state index in [9.17, 15) is 9.90 Å². The molecule has 0 saturated carbocycles. The van der Waals surface area contributed by atoms with E-state index in [2.05, 4.69) is 16.5 Å². The minimum atomic E-state index is -0.521. The quantitative estimate of drug-likeness (QED) is 0.542. The maximum absolute atomic E-state index is 12.1. The smallest absolute Gasteiger partial charge is 0.225 e. The van der Waals surface area contributed by atoms with Crippen LogP contribution in [-0.2, 0) is 48.8 Å². The maximum atomic E-state index is 12.1. The second-order valence-electron chi connectivity index (χ2n) is 7.07. The van der Waals surface area contributed by atoms with Crippen molar-refractivity contribution in [3.8, 4) is 5.75 Å². The van der Waals surface area contributed by atoms with Gasteiger partial charge in [-0.3, -0.25) is 4.79 Å². The molecule has 3 atom stereocenters. The molecule has 1 radical (unpaired) electrons. The van der Waals surface area contributed by atoms with E-state index < -0.39 is 6.10 Å². The molecule has 2 aromatic rings. The average Bonchev–Trinajstić information content (AvgIpc) is 3.30. The Balaban J connectivity index is 0.00000280. The van der Waals surface area contributed by atoms with Gasteiger partial charge in [0, 0.05) is 51.8 Å². The summed E-state index contributed by atoms with van der Waals surface area (Å²) in [6.07, 6.45) is 2.23. The molecule has 1 aromatic carbocycles. The maximum Gasteiger partial charge on any atom is 0.225 e. The Labute approximate surface area is 194 Å². The number of carbonyl (C=O) groups is 1. The molecule has 1 aliphatic rings. The molecule has 0 spiro atoms. The molecule has 149 valence electrons. The van der Waals surface area contributed by atoms with Crippen molar-refractivity contribution in [1.82, 2.24) is 10.3 Å². The molecule has 6 nitrogen and oxygen atoms in total. The summed E-state index contributed by atoms with van der Waals surface area (Å²) in [5, 5.41) is 15.7. The van der Waals surface area contributed by atoms with Crippen molar-refractivity contribution < 1.29 is 52.1 Å². The third kappa shape index (κ3) is 6.32. The zero-order valence-electron chi connectivity index (χ0n) is 16.1. The fourth-order valence-electron chi connectivity index (χ4n) is 3.04. The summed E-state index contributed by atoms with van der Waals surface area (Å²) in [6, 6.07) is 7.50. The largest absolute Gasteiger partial charge is 0.493 e. The number of benzene rings is 1. The van der Waals surface area contributed by atoms with Crippen LogP contribution < -0.4 is 10.1 Å². The van der Waals surface area contributed by atoms with Gasteiger partial charge in [0.2, 0.25) is 5.91 Å². The van der Waals surface area contributed by atoms with Crippen LogP contribution in [0.4, 0.5) is 0 Å². The van der Waals surface area contributed by atoms with E-state index in [0.29, 0.717) is 32.1 Å². The molecule has 1 saturated heterocycles. The fourth-order valence-corrected chi connectivity index (χ4v) is 3.54. The Kier molecular flexibility index (Phi) is 9.50. The molecule has 1 aliphatic heterocycles. The van der Waals surface area contributed by atoms with Crippen molar-refractivity contribution in [2.45, 2.75) is 26.6 Å². The first kappa shape index (κ1) is 23.4. The van der Waals surface area contributed by atoms with Crippen molar-refractivity contribution in [2.75, 3.05) is 19.8 Å². The second kappa shape index (κ2) is 11.4. The van der Waals surface area contributed by atoms with Crippen LogP contribution >= 0.6 is 11.3 Å². The van der Waals surface area contributed by atoms with Gasteiger partial charge in [-0.1, -0.05) is 31.4 Å². The number of rotatable bonds is 9. The Morgan fingerprint density at radius 1 is 1.39 bits per heavy atom. The minimum Gasteiger partial charge on any atom is -0.493 e.